The minimum Gasteiger partial charge on any atom is -0.485 e. The lowest BCUT2D eigenvalue weighted by Gasteiger charge is -2.24. The Labute approximate surface area is 135 Å². The number of carbonyl (C=O) groups is 1. The molecule has 0 fully saturated rings. The summed E-state index contributed by atoms with van der Waals surface area (Å²) in [6.45, 7) is 7.93. The highest BCUT2D eigenvalue weighted by Crippen LogP contribution is 2.17. The Balaban J connectivity index is 1.85. The second-order valence-electron chi connectivity index (χ2n) is 5.86. The Hall–Kier alpha value is -2.57. The number of benzene rings is 1. The summed E-state index contributed by atoms with van der Waals surface area (Å²) in [6.07, 6.45) is 0.850. The first-order valence-corrected chi connectivity index (χ1v) is 7.49. The molecular formula is C16H22N4O3. The number of aromatic nitrogens is 2. The third-order valence-electron chi connectivity index (χ3n) is 3.39. The van der Waals surface area contributed by atoms with Gasteiger partial charge in [0, 0.05) is 18.2 Å². The summed E-state index contributed by atoms with van der Waals surface area (Å²) in [5.41, 5.74) is 0.452. The SMILES string of the molecule is CCC(C)(C)NC(=O)Nc1ccc(OCc2noc(C)n2)cc1. The van der Waals surface area contributed by atoms with Crippen LogP contribution in [-0.2, 0) is 6.61 Å². The number of ether oxygens (including phenoxy) is 1. The predicted octanol–water partition coefficient (Wildman–Crippen LogP) is 3.27. The van der Waals surface area contributed by atoms with Gasteiger partial charge in [-0.2, -0.15) is 4.98 Å². The van der Waals surface area contributed by atoms with Gasteiger partial charge < -0.3 is 19.9 Å². The predicted molar refractivity (Wildman–Crippen MR) is 86.3 cm³/mol. The number of carbonyl (C=O) groups excluding carboxylic acids is 1. The van der Waals surface area contributed by atoms with Crippen molar-refractivity contribution < 1.29 is 14.1 Å². The molecule has 1 heterocycles. The van der Waals surface area contributed by atoms with Crippen molar-refractivity contribution in [2.75, 3.05) is 5.32 Å². The largest absolute Gasteiger partial charge is 0.485 e. The van der Waals surface area contributed by atoms with Crippen molar-refractivity contribution in [1.29, 1.82) is 0 Å². The number of anilines is 1. The quantitative estimate of drug-likeness (QED) is 0.853. The van der Waals surface area contributed by atoms with Crippen molar-refractivity contribution in [2.24, 2.45) is 0 Å². The first kappa shape index (κ1) is 16.8. The first-order chi connectivity index (χ1) is 10.9. The van der Waals surface area contributed by atoms with Gasteiger partial charge in [-0.3, -0.25) is 0 Å². The Kier molecular flexibility index (Phi) is 5.20. The van der Waals surface area contributed by atoms with Crippen LogP contribution in [0.15, 0.2) is 28.8 Å². The standard InChI is InChI=1S/C16H22N4O3/c1-5-16(3,4)19-15(21)18-12-6-8-13(9-7-12)22-10-14-17-11(2)23-20-14/h6-9H,5,10H2,1-4H3,(H2,18,19,21). The van der Waals surface area contributed by atoms with Gasteiger partial charge in [-0.1, -0.05) is 12.1 Å². The maximum absolute atomic E-state index is 11.9. The van der Waals surface area contributed by atoms with Gasteiger partial charge in [0.1, 0.15) is 5.75 Å². The van der Waals surface area contributed by atoms with E-state index < -0.39 is 0 Å². The van der Waals surface area contributed by atoms with E-state index in [1.54, 1.807) is 31.2 Å². The molecule has 2 aromatic rings. The number of urea groups is 1. The minimum absolute atomic E-state index is 0.229. The summed E-state index contributed by atoms with van der Waals surface area (Å²) in [6, 6.07) is 6.86. The highest BCUT2D eigenvalue weighted by molar-refractivity contribution is 5.89. The van der Waals surface area contributed by atoms with E-state index in [9.17, 15) is 4.79 Å². The van der Waals surface area contributed by atoms with Crippen LogP contribution in [0.4, 0.5) is 10.5 Å². The molecule has 0 aliphatic rings. The molecule has 23 heavy (non-hydrogen) atoms. The third-order valence-corrected chi connectivity index (χ3v) is 3.39. The summed E-state index contributed by atoms with van der Waals surface area (Å²) >= 11 is 0. The lowest BCUT2D eigenvalue weighted by molar-refractivity contribution is 0.240. The molecule has 0 radical (unpaired) electrons. The highest BCUT2D eigenvalue weighted by atomic mass is 16.5. The normalized spacial score (nSPS) is 11.1. The molecule has 1 aromatic carbocycles. The van der Waals surface area contributed by atoms with Crippen LogP contribution in [-0.4, -0.2) is 21.7 Å². The summed E-state index contributed by atoms with van der Waals surface area (Å²) in [7, 11) is 0. The monoisotopic (exact) mass is 318 g/mol. The fourth-order valence-corrected chi connectivity index (χ4v) is 1.74. The van der Waals surface area contributed by atoms with Crippen molar-refractivity contribution >= 4 is 11.7 Å². The van der Waals surface area contributed by atoms with E-state index in [1.807, 2.05) is 20.8 Å². The molecule has 0 saturated carbocycles. The van der Waals surface area contributed by atoms with Crippen LogP contribution in [0.2, 0.25) is 0 Å². The number of rotatable bonds is 6. The zero-order valence-corrected chi connectivity index (χ0v) is 13.8. The van der Waals surface area contributed by atoms with Crippen LogP contribution in [0.1, 0.15) is 38.9 Å². The molecule has 1 aromatic heterocycles. The molecule has 7 heteroatoms. The van der Waals surface area contributed by atoms with E-state index in [-0.39, 0.29) is 18.2 Å². The topological polar surface area (TPSA) is 89.3 Å². The highest BCUT2D eigenvalue weighted by Gasteiger charge is 2.17. The van der Waals surface area contributed by atoms with Crippen LogP contribution in [0.5, 0.6) is 5.75 Å². The summed E-state index contributed by atoms with van der Waals surface area (Å²) < 4.78 is 10.4. The number of nitrogens with zero attached hydrogens (tertiary/aromatic N) is 2. The van der Waals surface area contributed by atoms with Gasteiger partial charge in [-0.05, 0) is 44.5 Å². The first-order valence-electron chi connectivity index (χ1n) is 7.49. The molecule has 2 N–H and O–H groups in total. The molecular weight excluding hydrogens is 296 g/mol. The number of nitrogens with one attached hydrogen (secondary N) is 2. The molecule has 0 spiro atoms. The fraction of sp³-hybridized carbons (Fsp3) is 0.438. The van der Waals surface area contributed by atoms with Gasteiger partial charge in [-0.25, -0.2) is 4.79 Å². The number of aryl methyl sites for hydroxylation is 1. The Morgan fingerprint density at radius 1 is 1.30 bits per heavy atom. The van der Waals surface area contributed by atoms with Crippen molar-refractivity contribution in [1.82, 2.24) is 15.5 Å². The summed E-state index contributed by atoms with van der Waals surface area (Å²) in [4.78, 5) is 16.0. The summed E-state index contributed by atoms with van der Waals surface area (Å²) in [5, 5.41) is 9.45. The van der Waals surface area contributed by atoms with Crippen molar-refractivity contribution in [3.8, 4) is 5.75 Å². The Bertz CT molecular complexity index is 650. The van der Waals surface area contributed by atoms with Crippen LogP contribution >= 0.6 is 0 Å². The van der Waals surface area contributed by atoms with Crippen LogP contribution in [0.3, 0.4) is 0 Å². The third kappa shape index (κ3) is 5.28. The second kappa shape index (κ2) is 7.13. The number of hydrogen-bond acceptors (Lipinski definition) is 5. The summed E-state index contributed by atoms with van der Waals surface area (Å²) in [5.74, 6) is 1.65. The van der Waals surface area contributed by atoms with Crippen molar-refractivity contribution in [2.45, 2.75) is 46.3 Å². The molecule has 0 aliphatic heterocycles. The maximum Gasteiger partial charge on any atom is 0.319 e. The van der Waals surface area contributed by atoms with E-state index in [0.29, 0.717) is 23.2 Å². The molecule has 2 rings (SSSR count). The zero-order chi connectivity index (χ0) is 16.9. The molecule has 0 bridgehead atoms. The molecule has 0 saturated heterocycles. The molecule has 0 aliphatic carbocycles. The molecule has 124 valence electrons. The van der Waals surface area contributed by atoms with E-state index in [4.69, 9.17) is 9.26 Å². The van der Waals surface area contributed by atoms with Crippen molar-refractivity contribution in [3.63, 3.8) is 0 Å². The van der Waals surface area contributed by atoms with Crippen LogP contribution in [0.25, 0.3) is 0 Å². The van der Waals surface area contributed by atoms with Gasteiger partial charge >= 0.3 is 6.03 Å². The van der Waals surface area contributed by atoms with E-state index in [0.717, 1.165) is 6.42 Å². The van der Waals surface area contributed by atoms with E-state index in [1.165, 1.54) is 0 Å². The minimum atomic E-state index is -0.240. The molecule has 2 amide bonds. The number of hydrogen-bond donors (Lipinski definition) is 2. The second-order valence-corrected chi connectivity index (χ2v) is 5.86. The lowest BCUT2D eigenvalue weighted by Crippen LogP contribution is -2.45. The molecule has 7 nitrogen and oxygen atoms in total. The van der Waals surface area contributed by atoms with E-state index in [2.05, 4.69) is 20.8 Å². The van der Waals surface area contributed by atoms with E-state index >= 15 is 0 Å². The molecule has 0 unspecified atom stereocenters. The van der Waals surface area contributed by atoms with Gasteiger partial charge in [0.15, 0.2) is 6.61 Å². The van der Waals surface area contributed by atoms with Gasteiger partial charge in [0.2, 0.25) is 11.7 Å². The Morgan fingerprint density at radius 3 is 2.57 bits per heavy atom. The number of amides is 2. The maximum atomic E-state index is 11.9. The van der Waals surface area contributed by atoms with Gasteiger partial charge in [-0.15, -0.1) is 0 Å². The van der Waals surface area contributed by atoms with Gasteiger partial charge in [0.05, 0.1) is 0 Å². The van der Waals surface area contributed by atoms with Gasteiger partial charge in [0.25, 0.3) is 0 Å². The fourth-order valence-electron chi connectivity index (χ4n) is 1.74. The average Bonchev–Trinajstić information content (AvgIpc) is 2.91. The van der Waals surface area contributed by atoms with Crippen LogP contribution in [0, 0.1) is 6.92 Å². The smallest absolute Gasteiger partial charge is 0.319 e. The lowest BCUT2D eigenvalue weighted by atomic mass is 10.0. The molecule has 0 atom stereocenters. The zero-order valence-electron chi connectivity index (χ0n) is 13.8. The Morgan fingerprint density at radius 2 is 2.00 bits per heavy atom. The van der Waals surface area contributed by atoms with Crippen molar-refractivity contribution in [3.05, 3.63) is 36.0 Å². The average molecular weight is 318 g/mol. The van der Waals surface area contributed by atoms with Crippen LogP contribution < -0.4 is 15.4 Å².